The summed E-state index contributed by atoms with van der Waals surface area (Å²) >= 11 is 0. The smallest absolute Gasteiger partial charge is 0.306 e. The van der Waals surface area contributed by atoms with E-state index in [0.29, 0.717) is 19.3 Å². The predicted octanol–water partition coefficient (Wildman–Crippen LogP) is 15.1. The van der Waals surface area contributed by atoms with E-state index in [1.807, 2.05) is 0 Å². The van der Waals surface area contributed by atoms with Crippen LogP contribution in [-0.4, -0.2) is 37.2 Å². The summed E-state index contributed by atoms with van der Waals surface area (Å²) in [6.07, 6.45) is 56.0. The third kappa shape index (κ3) is 43.8. The van der Waals surface area contributed by atoms with Gasteiger partial charge in [-0.15, -0.1) is 0 Å². The Labute approximate surface area is 351 Å². The Morgan fingerprint density at radius 3 is 1.09 bits per heavy atom. The highest BCUT2D eigenvalue weighted by Gasteiger charge is 2.19. The van der Waals surface area contributed by atoms with Crippen molar-refractivity contribution in [2.24, 2.45) is 0 Å². The molecule has 0 aromatic carbocycles. The molecule has 0 bridgehead atoms. The number of allylic oxidation sites excluding steroid dienone is 12. The summed E-state index contributed by atoms with van der Waals surface area (Å²) in [6.45, 7) is 6.33. The Kier molecular flexibility index (Phi) is 43.0. The van der Waals surface area contributed by atoms with Crippen LogP contribution < -0.4 is 0 Å². The molecular formula is C51H86O6. The van der Waals surface area contributed by atoms with Crippen LogP contribution in [0.2, 0.25) is 0 Å². The third-order valence-corrected chi connectivity index (χ3v) is 9.68. The normalized spacial score (nSPS) is 12.7. The van der Waals surface area contributed by atoms with Gasteiger partial charge in [0.05, 0.1) is 0 Å². The van der Waals surface area contributed by atoms with E-state index in [1.165, 1.54) is 57.8 Å². The van der Waals surface area contributed by atoms with E-state index in [2.05, 4.69) is 93.7 Å². The number of ether oxygens (including phenoxy) is 3. The SMILES string of the molecule is CC/C=C\C/C=C\C/C=C\CCCCCCC(=O)OCC(COC(=O)CCCCCCC/C=C\CCCC)OC(=O)CCCCCCCCC/C=C\C/C=C\CC. The lowest BCUT2D eigenvalue weighted by Crippen LogP contribution is -2.30. The highest BCUT2D eigenvalue weighted by Crippen LogP contribution is 2.13. The van der Waals surface area contributed by atoms with Crippen LogP contribution in [0.3, 0.4) is 0 Å². The first-order valence-electron chi connectivity index (χ1n) is 23.4. The van der Waals surface area contributed by atoms with Crippen molar-refractivity contribution in [3.05, 3.63) is 72.9 Å². The molecule has 0 aliphatic rings. The van der Waals surface area contributed by atoms with Crippen molar-refractivity contribution < 1.29 is 28.6 Å². The molecule has 0 aliphatic heterocycles. The molecule has 0 aliphatic carbocycles. The number of carbonyl (C=O) groups excluding carboxylic acids is 3. The second kappa shape index (κ2) is 45.6. The number of esters is 3. The molecule has 0 rings (SSSR count). The van der Waals surface area contributed by atoms with Gasteiger partial charge in [-0.1, -0.05) is 171 Å². The quantitative estimate of drug-likeness (QED) is 0.0265. The lowest BCUT2D eigenvalue weighted by molar-refractivity contribution is -0.167. The van der Waals surface area contributed by atoms with Gasteiger partial charge in [-0.25, -0.2) is 0 Å². The second-order valence-electron chi connectivity index (χ2n) is 15.2. The molecule has 0 saturated heterocycles. The summed E-state index contributed by atoms with van der Waals surface area (Å²) in [5.74, 6) is -0.936. The minimum absolute atomic E-state index is 0.0912. The molecule has 6 heteroatoms. The minimum Gasteiger partial charge on any atom is -0.462 e. The number of carbonyl (C=O) groups is 3. The van der Waals surface area contributed by atoms with Crippen LogP contribution in [0, 0.1) is 0 Å². The number of unbranched alkanes of at least 4 members (excludes halogenated alkanes) is 18. The summed E-state index contributed by atoms with van der Waals surface area (Å²) in [5, 5.41) is 0. The highest BCUT2D eigenvalue weighted by atomic mass is 16.6. The minimum atomic E-state index is -0.790. The van der Waals surface area contributed by atoms with Gasteiger partial charge >= 0.3 is 17.9 Å². The maximum absolute atomic E-state index is 12.7. The Balaban J connectivity index is 4.44. The maximum atomic E-state index is 12.7. The largest absolute Gasteiger partial charge is 0.462 e. The zero-order valence-corrected chi connectivity index (χ0v) is 37.1. The van der Waals surface area contributed by atoms with Gasteiger partial charge < -0.3 is 14.2 Å². The van der Waals surface area contributed by atoms with Gasteiger partial charge in [-0.3, -0.25) is 14.4 Å². The summed E-state index contributed by atoms with van der Waals surface area (Å²) in [7, 11) is 0. The van der Waals surface area contributed by atoms with Crippen LogP contribution in [0.4, 0.5) is 0 Å². The van der Waals surface area contributed by atoms with Crippen molar-refractivity contribution in [2.75, 3.05) is 13.2 Å². The average molecular weight is 795 g/mol. The van der Waals surface area contributed by atoms with Gasteiger partial charge in [-0.05, 0) is 96.3 Å². The van der Waals surface area contributed by atoms with E-state index in [0.717, 1.165) is 116 Å². The van der Waals surface area contributed by atoms with E-state index in [-0.39, 0.29) is 31.1 Å². The average Bonchev–Trinajstić information content (AvgIpc) is 3.21. The monoisotopic (exact) mass is 795 g/mol. The van der Waals surface area contributed by atoms with Crippen LogP contribution in [0.15, 0.2) is 72.9 Å². The van der Waals surface area contributed by atoms with Crippen molar-refractivity contribution in [1.82, 2.24) is 0 Å². The summed E-state index contributed by atoms with van der Waals surface area (Å²) < 4.78 is 16.7. The molecule has 0 saturated carbocycles. The van der Waals surface area contributed by atoms with Crippen molar-refractivity contribution >= 4 is 17.9 Å². The zero-order valence-electron chi connectivity index (χ0n) is 37.1. The molecule has 0 spiro atoms. The molecule has 0 N–H and O–H groups in total. The summed E-state index contributed by atoms with van der Waals surface area (Å²) in [6, 6.07) is 0. The molecule has 0 aromatic rings. The van der Waals surface area contributed by atoms with E-state index >= 15 is 0 Å². The molecule has 0 radical (unpaired) electrons. The lowest BCUT2D eigenvalue weighted by atomic mass is 10.1. The molecule has 0 heterocycles. The molecule has 1 unspecified atom stereocenters. The van der Waals surface area contributed by atoms with E-state index in [4.69, 9.17) is 14.2 Å². The summed E-state index contributed by atoms with van der Waals surface area (Å²) in [4.78, 5) is 37.8. The molecule has 0 amide bonds. The van der Waals surface area contributed by atoms with Gasteiger partial charge in [0.2, 0.25) is 0 Å². The Hall–Kier alpha value is -3.15. The molecule has 57 heavy (non-hydrogen) atoms. The Morgan fingerprint density at radius 2 is 0.684 bits per heavy atom. The van der Waals surface area contributed by atoms with Crippen LogP contribution in [0.25, 0.3) is 0 Å². The first-order valence-corrected chi connectivity index (χ1v) is 23.4. The Bertz CT molecular complexity index is 1100. The Morgan fingerprint density at radius 1 is 0.368 bits per heavy atom. The molecular weight excluding hydrogens is 709 g/mol. The first-order chi connectivity index (χ1) is 28.0. The van der Waals surface area contributed by atoms with Crippen molar-refractivity contribution in [1.29, 1.82) is 0 Å². The molecule has 6 nitrogen and oxygen atoms in total. The number of hydrogen-bond acceptors (Lipinski definition) is 6. The van der Waals surface area contributed by atoms with Gasteiger partial charge in [0.25, 0.3) is 0 Å². The molecule has 1 atom stereocenters. The standard InChI is InChI=1S/C51H86O6/c1-4-7-10-13-16-19-22-24-26-29-32-35-38-41-44-50(53)56-47-48(46-55-49(52)43-40-37-34-31-28-21-18-15-12-9-6-3)57-51(54)45-42-39-36-33-30-27-25-23-20-17-14-11-8-5-2/h7-8,10-11,15-20,24,26,48H,4-6,9,12-14,21-23,25,27-47H2,1-3H3/b10-7-,11-8-,18-15-,19-16-,20-17-,26-24-. The van der Waals surface area contributed by atoms with E-state index < -0.39 is 6.10 Å². The van der Waals surface area contributed by atoms with Crippen LogP contribution >= 0.6 is 0 Å². The third-order valence-electron chi connectivity index (χ3n) is 9.68. The topological polar surface area (TPSA) is 78.9 Å². The van der Waals surface area contributed by atoms with Gasteiger partial charge in [0, 0.05) is 19.3 Å². The van der Waals surface area contributed by atoms with Crippen LogP contribution in [0.1, 0.15) is 213 Å². The maximum Gasteiger partial charge on any atom is 0.306 e. The van der Waals surface area contributed by atoms with Gasteiger partial charge in [-0.2, -0.15) is 0 Å². The van der Waals surface area contributed by atoms with Gasteiger partial charge in [0.15, 0.2) is 6.10 Å². The number of rotatable bonds is 41. The fourth-order valence-electron chi connectivity index (χ4n) is 6.18. The van der Waals surface area contributed by atoms with Gasteiger partial charge in [0.1, 0.15) is 13.2 Å². The highest BCUT2D eigenvalue weighted by molar-refractivity contribution is 5.71. The molecule has 0 aromatic heterocycles. The summed E-state index contributed by atoms with van der Waals surface area (Å²) in [5.41, 5.74) is 0. The van der Waals surface area contributed by atoms with Crippen molar-refractivity contribution in [3.63, 3.8) is 0 Å². The second-order valence-corrected chi connectivity index (χ2v) is 15.2. The van der Waals surface area contributed by atoms with E-state index in [9.17, 15) is 14.4 Å². The fourth-order valence-corrected chi connectivity index (χ4v) is 6.18. The zero-order chi connectivity index (χ0) is 41.5. The molecule has 326 valence electrons. The van der Waals surface area contributed by atoms with E-state index in [1.54, 1.807) is 0 Å². The number of hydrogen-bond donors (Lipinski definition) is 0. The first kappa shape index (κ1) is 53.9. The van der Waals surface area contributed by atoms with Crippen molar-refractivity contribution in [2.45, 2.75) is 219 Å². The van der Waals surface area contributed by atoms with Crippen molar-refractivity contribution in [3.8, 4) is 0 Å². The lowest BCUT2D eigenvalue weighted by Gasteiger charge is -2.18. The molecule has 0 fully saturated rings. The van der Waals surface area contributed by atoms with Crippen LogP contribution in [0.5, 0.6) is 0 Å². The fraction of sp³-hybridized carbons (Fsp3) is 0.706. The van der Waals surface area contributed by atoms with Crippen LogP contribution in [-0.2, 0) is 28.6 Å². The predicted molar refractivity (Wildman–Crippen MR) is 242 cm³/mol.